The largest absolute Gasteiger partial charge is 0.504 e. The van der Waals surface area contributed by atoms with Crippen molar-refractivity contribution in [2.45, 2.75) is 75.6 Å². The fourth-order valence-corrected chi connectivity index (χ4v) is 5.88. The van der Waals surface area contributed by atoms with Gasteiger partial charge in [0.1, 0.15) is 44.2 Å². The molecule has 2 aliphatic rings. The summed E-state index contributed by atoms with van der Waals surface area (Å²) >= 11 is 0. The highest BCUT2D eigenvalue weighted by Gasteiger charge is 2.63. The normalized spacial score (nSPS) is 26.8. The number of esters is 5. The smallest absolute Gasteiger partial charge is 0.331 e. The number of rotatable bonds is 16. The van der Waals surface area contributed by atoms with Crippen LogP contribution in [0.3, 0.4) is 0 Å². The van der Waals surface area contributed by atoms with E-state index in [1.165, 1.54) is 62.8 Å². The van der Waals surface area contributed by atoms with Gasteiger partial charge in [-0.1, -0.05) is 12.1 Å². The lowest BCUT2D eigenvalue weighted by atomic mass is 9.98. The van der Waals surface area contributed by atoms with Crippen LogP contribution in [-0.2, 0) is 61.9 Å². The molecule has 2 fully saturated rings. The summed E-state index contributed by atoms with van der Waals surface area (Å²) in [7, 11) is 2.66. The molecule has 4 rings (SSSR count). The Morgan fingerprint density at radius 2 is 1.24 bits per heavy atom. The molecule has 58 heavy (non-hydrogen) atoms. The van der Waals surface area contributed by atoms with Gasteiger partial charge < -0.3 is 72.9 Å². The average molecular weight is 821 g/mol. The zero-order chi connectivity index (χ0) is 42.7. The van der Waals surface area contributed by atoms with E-state index in [9.17, 15) is 49.5 Å². The van der Waals surface area contributed by atoms with Gasteiger partial charge in [-0.3, -0.25) is 14.4 Å². The maximum Gasteiger partial charge on any atom is 0.331 e. The molecule has 0 aliphatic carbocycles. The topological polar surface area (TPSA) is 279 Å². The number of aliphatic hydroxyl groups excluding tert-OH is 3. The lowest BCUT2D eigenvalue weighted by molar-refractivity contribution is -0.383. The molecule has 2 heterocycles. The van der Waals surface area contributed by atoms with E-state index in [1.807, 2.05) is 0 Å². The summed E-state index contributed by atoms with van der Waals surface area (Å²) in [5.74, 6) is -7.38. The first-order chi connectivity index (χ1) is 27.5. The molecular formula is C38H44O20. The maximum absolute atomic E-state index is 13.3. The third-order valence-corrected chi connectivity index (χ3v) is 8.55. The summed E-state index contributed by atoms with van der Waals surface area (Å²) in [6.45, 7) is 0.517. The van der Waals surface area contributed by atoms with E-state index in [0.717, 1.165) is 32.9 Å². The summed E-state index contributed by atoms with van der Waals surface area (Å²) in [5.41, 5.74) is 0.822. The van der Waals surface area contributed by atoms with Crippen molar-refractivity contribution in [1.29, 1.82) is 0 Å². The first kappa shape index (κ1) is 44.9. The fraction of sp³-hybridized carbons (Fsp3) is 0.447. The van der Waals surface area contributed by atoms with Crippen molar-refractivity contribution in [3.05, 3.63) is 59.7 Å². The summed E-state index contributed by atoms with van der Waals surface area (Å²) in [6, 6.07) is 8.44. The maximum atomic E-state index is 13.3. The molecule has 0 bridgehead atoms. The van der Waals surface area contributed by atoms with Crippen molar-refractivity contribution >= 4 is 42.0 Å². The lowest BCUT2D eigenvalue weighted by Gasteiger charge is -2.44. The first-order valence-electron chi connectivity index (χ1n) is 17.4. The number of carbonyl (C=O) groups excluding carboxylic acids is 5. The summed E-state index contributed by atoms with van der Waals surface area (Å²) in [5, 5.41) is 53.0. The van der Waals surface area contributed by atoms with Gasteiger partial charge in [-0.25, -0.2) is 9.59 Å². The summed E-state index contributed by atoms with van der Waals surface area (Å²) < 4.78 is 54.4. The molecule has 316 valence electrons. The van der Waals surface area contributed by atoms with Crippen LogP contribution in [0.5, 0.6) is 23.0 Å². The van der Waals surface area contributed by atoms with E-state index in [0.29, 0.717) is 11.1 Å². The van der Waals surface area contributed by atoms with E-state index >= 15 is 0 Å². The van der Waals surface area contributed by atoms with Crippen molar-refractivity contribution in [1.82, 2.24) is 0 Å². The van der Waals surface area contributed by atoms with Crippen LogP contribution in [0.4, 0.5) is 0 Å². The second-order valence-corrected chi connectivity index (χ2v) is 12.7. The van der Waals surface area contributed by atoms with Crippen LogP contribution in [0.15, 0.2) is 48.6 Å². The summed E-state index contributed by atoms with van der Waals surface area (Å²) in [4.78, 5) is 62.1. The third-order valence-electron chi connectivity index (χ3n) is 8.55. The molecule has 0 unspecified atom stereocenters. The molecule has 0 aromatic heterocycles. The second kappa shape index (κ2) is 20.1. The molecule has 20 heteroatoms. The first-order valence-corrected chi connectivity index (χ1v) is 17.4. The molecule has 2 aliphatic heterocycles. The Bertz CT molecular complexity index is 1860. The Morgan fingerprint density at radius 1 is 0.707 bits per heavy atom. The van der Waals surface area contributed by atoms with Crippen LogP contribution in [0, 0.1) is 0 Å². The standard InChI is InChI=1S/C38H44O20/c1-19(40)51-17-29-34(53-20(2)41)36(56-31(46)13-9-23-7-11-25(44)27(15-23)50-5)38(18-39,57-29)58-37-33(48)35(54-21(3)42)32(47)28(55-37)16-52-30(45)12-8-22-6-10-24(43)26(14-22)49-4/h6-15,28-29,32-37,39,43-44,47-48H,16-18H2,1-5H3/t28-,29+,32+,33+,34+,35-,36-,37+,38-/m0/s1. The van der Waals surface area contributed by atoms with Crippen LogP contribution in [0.1, 0.15) is 31.9 Å². The number of methoxy groups -OCH3 is 2. The molecule has 0 spiro atoms. The van der Waals surface area contributed by atoms with Gasteiger partial charge in [0, 0.05) is 32.9 Å². The Hall–Kier alpha value is -5.77. The number of phenols is 2. The van der Waals surface area contributed by atoms with E-state index in [1.54, 1.807) is 0 Å². The van der Waals surface area contributed by atoms with Crippen molar-refractivity contribution < 1.29 is 96.9 Å². The van der Waals surface area contributed by atoms with Crippen LogP contribution < -0.4 is 9.47 Å². The van der Waals surface area contributed by atoms with Crippen LogP contribution in [-0.4, -0.2) is 144 Å². The van der Waals surface area contributed by atoms with Gasteiger partial charge >= 0.3 is 29.8 Å². The number of hydrogen-bond donors (Lipinski definition) is 5. The number of phenolic OH excluding ortho intramolecular Hbond substituents is 2. The number of carbonyl (C=O) groups is 5. The number of aliphatic hydroxyl groups is 3. The van der Waals surface area contributed by atoms with Crippen LogP contribution in [0.25, 0.3) is 12.2 Å². The van der Waals surface area contributed by atoms with E-state index in [2.05, 4.69) is 0 Å². The van der Waals surface area contributed by atoms with Gasteiger partial charge in [-0.2, -0.15) is 0 Å². The van der Waals surface area contributed by atoms with Crippen molar-refractivity contribution in [2.75, 3.05) is 34.0 Å². The van der Waals surface area contributed by atoms with E-state index in [-0.39, 0.29) is 23.0 Å². The predicted octanol–water partition coefficient (Wildman–Crippen LogP) is 0.274. The highest BCUT2D eigenvalue weighted by atomic mass is 16.8. The molecule has 2 aromatic carbocycles. The molecule has 9 atom stereocenters. The van der Waals surface area contributed by atoms with Gasteiger partial charge in [-0.15, -0.1) is 0 Å². The third kappa shape index (κ3) is 11.4. The number of aromatic hydroxyl groups is 2. The SMILES string of the molecule is COc1cc(C=CC(=O)OC[C@@H]2O[C@H](O[C@]3(CO)O[C@H](COC(C)=O)[C@@H](OC(C)=O)[C@@H]3OC(=O)C=Cc3ccc(O)c(OC)c3)[C@H](O)[C@@H](OC(C)=O)[C@@H]2O)ccc1O. The Kier molecular flexibility index (Phi) is 15.6. The molecule has 0 amide bonds. The number of ether oxygens (including phenoxy) is 10. The van der Waals surface area contributed by atoms with Crippen LogP contribution >= 0.6 is 0 Å². The minimum Gasteiger partial charge on any atom is -0.504 e. The molecule has 20 nitrogen and oxygen atoms in total. The van der Waals surface area contributed by atoms with Gasteiger partial charge in [0.05, 0.1) is 14.2 Å². The fourth-order valence-electron chi connectivity index (χ4n) is 5.88. The lowest BCUT2D eigenvalue weighted by Crippen LogP contribution is -2.64. The minimum absolute atomic E-state index is 0.0959. The van der Waals surface area contributed by atoms with Gasteiger partial charge in [-0.05, 0) is 47.5 Å². The molecule has 0 radical (unpaired) electrons. The number of hydrogen-bond acceptors (Lipinski definition) is 20. The predicted molar refractivity (Wildman–Crippen MR) is 192 cm³/mol. The molecular weight excluding hydrogens is 776 g/mol. The van der Waals surface area contributed by atoms with Crippen molar-refractivity contribution in [2.24, 2.45) is 0 Å². The molecule has 2 saturated heterocycles. The van der Waals surface area contributed by atoms with Crippen LogP contribution in [0.2, 0.25) is 0 Å². The van der Waals surface area contributed by atoms with Crippen molar-refractivity contribution in [3.8, 4) is 23.0 Å². The zero-order valence-electron chi connectivity index (χ0n) is 31.9. The monoisotopic (exact) mass is 820 g/mol. The van der Waals surface area contributed by atoms with Crippen molar-refractivity contribution in [3.63, 3.8) is 0 Å². The Balaban J connectivity index is 1.63. The van der Waals surface area contributed by atoms with Gasteiger partial charge in [0.2, 0.25) is 5.79 Å². The Morgan fingerprint density at radius 3 is 1.76 bits per heavy atom. The summed E-state index contributed by atoms with van der Waals surface area (Å²) in [6.07, 6.45) is -9.75. The molecule has 0 saturated carbocycles. The quantitative estimate of drug-likeness (QED) is 0.0863. The minimum atomic E-state index is -2.60. The highest BCUT2D eigenvalue weighted by Crippen LogP contribution is 2.40. The highest BCUT2D eigenvalue weighted by molar-refractivity contribution is 5.88. The number of benzene rings is 2. The average Bonchev–Trinajstić information content (AvgIpc) is 3.45. The second-order valence-electron chi connectivity index (χ2n) is 12.7. The molecule has 5 N–H and O–H groups in total. The van der Waals surface area contributed by atoms with Gasteiger partial charge in [0.15, 0.2) is 47.6 Å². The molecule has 2 aromatic rings. The Labute approximate surface area is 331 Å². The van der Waals surface area contributed by atoms with E-state index in [4.69, 9.17) is 47.4 Å². The van der Waals surface area contributed by atoms with Gasteiger partial charge in [0.25, 0.3) is 0 Å². The van der Waals surface area contributed by atoms with E-state index < -0.39 is 104 Å². The zero-order valence-corrected chi connectivity index (χ0v) is 31.9.